The van der Waals surface area contributed by atoms with Gasteiger partial charge in [0.2, 0.25) is 0 Å². The summed E-state index contributed by atoms with van der Waals surface area (Å²) in [6.07, 6.45) is 0.816. The maximum atomic E-state index is 12.1. The Bertz CT molecular complexity index is 746. The van der Waals surface area contributed by atoms with E-state index in [0.29, 0.717) is 6.61 Å². The molecule has 2 heterocycles. The van der Waals surface area contributed by atoms with Gasteiger partial charge < -0.3 is 14.6 Å². The first-order chi connectivity index (χ1) is 11.8. The summed E-state index contributed by atoms with van der Waals surface area (Å²) in [5.74, 6) is 0.794. The predicted molar refractivity (Wildman–Crippen MR) is 89.2 cm³/mol. The van der Waals surface area contributed by atoms with Crippen LogP contribution < -0.4 is 9.64 Å². The fraction of sp³-hybridized carbons (Fsp3) is 0.316. The molecule has 24 heavy (non-hydrogen) atoms. The summed E-state index contributed by atoms with van der Waals surface area (Å²) < 4.78 is 11.1. The topological polar surface area (TPSA) is 59.0 Å². The van der Waals surface area contributed by atoms with Gasteiger partial charge in [-0.2, -0.15) is 0 Å². The van der Waals surface area contributed by atoms with Gasteiger partial charge in [-0.3, -0.25) is 4.90 Å². The predicted octanol–water partition coefficient (Wildman–Crippen LogP) is 2.90. The molecule has 1 fully saturated rings. The van der Waals surface area contributed by atoms with Crippen molar-refractivity contribution >= 4 is 11.8 Å². The summed E-state index contributed by atoms with van der Waals surface area (Å²) in [5, 5.41) is 9.37. The molecule has 0 saturated carbocycles. The third-order valence-corrected chi connectivity index (χ3v) is 4.66. The first-order valence-corrected chi connectivity index (χ1v) is 8.16. The lowest BCUT2D eigenvalue weighted by Gasteiger charge is -2.31. The van der Waals surface area contributed by atoms with Crippen LogP contribution in [0.15, 0.2) is 48.5 Å². The van der Waals surface area contributed by atoms with Crippen molar-refractivity contribution in [2.75, 3.05) is 11.5 Å². The van der Waals surface area contributed by atoms with Crippen LogP contribution in [0.25, 0.3) is 0 Å². The molecule has 0 aliphatic carbocycles. The first-order valence-electron chi connectivity index (χ1n) is 8.16. The Balaban J connectivity index is 1.53. The van der Waals surface area contributed by atoms with Crippen molar-refractivity contribution in [1.29, 1.82) is 0 Å². The summed E-state index contributed by atoms with van der Waals surface area (Å²) >= 11 is 0. The summed E-state index contributed by atoms with van der Waals surface area (Å²) in [5.41, 5.74) is 3.05. The number of carbonyl (C=O) groups excluding carboxylic acids is 1. The maximum Gasteiger partial charge on any atom is 0.415 e. The quantitative estimate of drug-likeness (QED) is 0.939. The summed E-state index contributed by atoms with van der Waals surface area (Å²) in [4.78, 5) is 13.8. The third kappa shape index (κ3) is 2.61. The number of aliphatic hydroxyl groups is 1. The number of cyclic esters (lactones) is 1. The van der Waals surface area contributed by atoms with Gasteiger partial charge >= 0.3 is 6.09 Å². The largest absolute Gasteiger partial charge is 0.489 e. The lowest BCUT2D eigenvalue weighted by atomic mass is 9.94. The van der Waals surface area contributed by atoms with Crippen LogP contribution in [-0.4, -0.2) is 30.0 Å². The molecule has 0 aromatic heterocycles. The average Bonchev–Trinajstić information content (AvgIpc) is 2.97. The van der Waals surface area contributed by atoms with Crippen LogP contribution in [-0.2, 0) is 17.8 Å². The number of nitrogens with zero attached hydrogens (tertiary/aromatic N) is 1. The fourth-order valence-electron chi connectivity index (χ4n) is 3.45. The van der Waals surface area contributed by atoms with Crippen LogP contribution >= 0.6 is 0 Å². The molecule has 2 aromatic rings. The number of ether oxygens (including phenoxy) is 2. The van der Waals surface area contributed by atoms with E-state index < -0.39 is 6.10 Å². The van der Waals surface area contributed by atoms with Crippen LogP contribution in [0.3, 0.4) is 0 Å². The highest BCUT2D eigenvalue weighted by atomic mass is 16.6. The molecular weight excluding hydrogens is 306 g/mol. The number of benzene rings is 2. The minimum atomic E-state index is -0.431. The molecule has 2 aromatic carbocycles. The minimum Gasteiger partial charge on any atom is -0.489 e. The molecule has 1 amide bonds. The molecule has 0 spiro atoms. The molecule has 5 heteroatoms. The lowest BCUT2D eigenvalue weighted by Crippen LogP contribution is -2.41. The smallest absolute Gasteiger partial charge is 0.415 e. The van der Waals surface area contributed by atoms with Gasteiger partial charge in [0, 0.05) is 0 Å². The van der Waals surface area contributed by atoms with E-state index in [-0.39, 0.29) is 18.7 Å². The van der Waals surface area contributed by atoms with Crippen LogP contribution in [0.5, 0.6) is 5.75 Å². The van der Waals surface area contributed by atoms with E-state index in [4.69, 9.17) is 9.47 Å². The molecule has 0 radical (unpaired) electrons. The van der Waals surface area contributed by atoms with E-state index in [1.54, 1.807) is 4.90 Å². The summed E-state index contributed by atoms with van der Waals surface area (Å²) in [7, 11) is 0. The van der Waals surface area contributed by atoms with Crippen molar-refractivity contribution in [2.45, 2.75) is 31.6 Å². The van der Waals surface area contributed by atoms with E-state index in [1.165, 1.54) is 0 Å². The van der Waals surface area contributed by atoms with Crippen molar-refractivity contribution in [2.24, 2.45) is 0 Å². The molecule has 2 aliphatic heterocycles. The van der Waals surface area contributed by atoms with Gasteiger partial charge in [0.25, 0.3) is 0 Å². The number of amides is 1. The van der Waals surface area contributed by atoms with Crippen LogP contribution in [0.2, 0.25) is 0 Å². The number of hydrogen-bond donors (Lipinski definition) is 1. The second kappa shape index (κ2) is 6.17. The molecule has 0 bridgehead atoms. The summed E-state index contributed by atoms with van der Waals surface area (Å²) in [6, 6.07) is 15.7. The van der Waals surface area contributed by atoms with Crippen LogP contribution in [0, 0.1) is 0 Å². The van der Waals surface area contributed by atoms with E-state index in [1.807, 2.05) is 48.5 Å². The third-order valence-electron chi connectivity index (χ3n) is 4.66. The monoisotopic (exact) mass is 325 g/mol. The Hall–Kier alpha value is -2.53. The standard InChI is InChI=1S/C19H19NO4/c21-11-18-17-8-6-14-10-15(23-12-13-4-2-1-3-5-13)7-9-16(14)20(17)19(22)24-18/h1-5,7,9-10,17-18,21H,6,8,11-12H2/t17-,18-/m0/s1. The zero-order valence-corrected chi connectivity index (χ0v) is 13.2. The number of rotatable bonds is 4. The number of carbonyl (C=O) groups is 1. The Morgan fingerprint density at radius 1 is 1.21 bits per heavy atom. The van der Waals surface area contributed by atoms with E-state index in [2.05, 4.69) is 0 Å². The Labute approximate surface area is 140 Å². The van der Waals surface area contributed by atoms with Gasteiger partial charge in [-0.25, -0.2) is 4.79 Å². The second-order valence-electron chi connectivity index (χ2n) is 6.15. The number of hydrogen-bond acceptors (Lipinski definition) is 4. The zero-order valence-electron chi connectivity index (χ0n) is 13.2. The molecule has 2 atom stereocenters. The van der Waals surface area contributed by atoms with Gasteiger partial charge in [-0.1, -0.05) is 30.3 Å². The zero-order chi connectivity index (χ0) is 16.5. The second-order valence-corrected chi connectivity index (χ2v) is 6.15. The van der Waals surface area contributed by atoms with Crippen molar-refractivity contribution in [3.05, 3.63) is 59.7 Å². The Morgan fingerprint density at radius 2 is 2.04 bits per heavy atom. The number of anilines is 1. The normalized spacial score (nSPS) is 21.9. The molecule has 2 aliphatic rings. The first kappa shape index (κ1) is 15.0. The van der Waals surface area contributed by atoms with E-state index in [0.717, 1.165) is 35.4 Å². The van der Waals surface area contributed by atoms with Crippen molar-refractivity contribution in [3.63, 3.8) is 0 Å². The minimum absolute atomic E-state index is 0.0777. The van der Waals surface area contributed by atoms with Gasteiger partial charge in [-0.15, -0.1) is 0 Å². The van der Waals surface area contributed by atoms with E-state index in [9.17, 15) is 9.90 Å². The molecule has 1 N–H and O–H groups in total. The van der Waals surface area contributed by atoms with Crippen molar-refractivity contribution < 1.29 is 19.4 Å². The lowest BCUT2D eigenvalue weighted by molar-refractivity contribution is 0.0817. The molecule has 4 rings (SSSR count). The molecule has 1 saturated heterocycles. The van der Waals surface area contributed by atoms with Crippen molar-refractivity contribution in [3.8, 4) is 5.75 Å². The van der Waals surface area contributed by atoms with Crippen LogP contribution in [0.1, 0.15) is 17.5 Å². The van der Waals surface area contributed by atoms with Gasteiger partial charge in [0.05, 0.1) is 18.3 Å². The summed E-state index contributed by atoms with van der Waals surface area (Å²) in [6.45, 7) is 0.376. The highest BCUT2D eigenvalue weighted by Gasteiger charge is 2.44. The highest BCUT2D eigenvalue weighted by molar-refractivity contribution is 5.92. The Kier molecular flexibility index (Phi) is 3.86. The highest BCUT2D eigenvalue weighted by Crippen LogP contribution is 2.38. The fourth-order valence-corrected chi connectivity index (χ4v) is 3.45. The number of aliphatic hydroxyl groups excluding tert-OH is 1. The van der Waals surface area contributed by atoms with E-state index >= 15 is 0 Å². The maximum absolute atomic E-state index is 12.1. The molecular formula is C19H19NO4. The van der Waals surface area contributed by atoms with Crippen LogP contribution in [0.4, 0.5) is 10.5 Å². The number of aryl methyl sites for hydroxylation is 1. The van der Waals surface area contributed by atoms with Gasteiger partial charge in [0.15, 0.2) is 0 Å². The SMILES string of the molecule is O=C1O[C@@H](CO)[C@@H]2CCc3cc(OCc4ccccc4)ccc3N12. The average molecular weight is 325 g/mol. The molecule has 5 nitrogen and oxygen atoms in total. The van der Waals surface area contributed by atoms with Gasteiger partial charge in [-0.05, 0) is 42.2 Å². The molecule has 0 unspecified atom stereocenters. The Morgan fingerprint density at radius 3 is 2.83 bits per heavy atom. The number of fused-ring (bicyclic) bond motifs is 3. The molecule has 124 valence electrons. The van der Waals surface area contributed by atoms with Gasteiger partial charge in [0.1, 0.15) is 18.5 Å². The van der Waals surface area contributed by atoms with Crippen molar-refractivity contribution in [1.82, 2.24) is 0 Å².